The number of aliphatic carboxylic acids is 1. The fourth-order valence-corrected chi connectivity index (χ4v) is 3.22. The molecule has 0 aliphatic heterocycles. The second kappa shape index (κ2) is 7.99. The molecule has 2 aromatic rings. The maximum absolute atomic E-state index is 12.4. The van der Waals surface area contributed by atoms with Crippen LogP contribution < -0.4 is 4.90 Å². The zero-order valence-electron chi connectivity index (χ0n) is 12.6. The summed E-state index contributed by atoms with van der Waals surface area (Å²) in [5.74, 6) is -1.13. The van der Waals surface area contributed by atoms with Crippen molar-refractivity contribution in [3.05, 3.63) is 51.7 Å². The maximum atomic E-state index is 12.4. The van der Waals surface area contributed by atoms with Gasteiger partial charge in [0.25, 0.3) is 0 Å². The predicted octanol–water partition coefficient (Wildman–Crippen LogP) is 2.95. The van der Waals surface area contributed by atoms with Gasteiger partial charge in [-0.1, -0.05) is 29.8 Å². The Hall–Kier alpha value is -2.05. The summed E-state index contributed by atoms with van der Waals surface area (Å²) in [6, 6.07) is 12.7. The van der Waals surface area contributed by atoms with Gasteiger partial charge in [0, 0.05) is 17.6 Å². The van der Waals surface area contributed by atoms with Gasteiger partial charge >= 0.3 is 5.97 Å². The third-order valence-corrected chi connectivity index (χ3v) is 4.44. The number of likely N-dealkylation sites (N-methyl/N-ethyl adjacent to an activating group) is 1. The number of carbonyl (C=O) groups is 2. The van der Waals surface area contributed by atoms with Crippen LogP contribution in [-0.4, -0.2) is 42.0 Å². The molecule has 0 aliphatic rings. The molecule has 0 aliphatic carbocycles. The number of para-hydroxylation sites is 1. The van der Waals surface area contributed by atoms with Crippen LogP contribution in [0.3, 0.4) is 0 Å². The molecule has 0 saturated carbocycles. The van der Waals surface area contributed by atoms with Crippen molar-refractivity contribution in [3.8, 4) is 0 Å². The lowest BCUT2D eigenvalue weighted by molar-refractivity contribution is -0.135. The SMILES string of the molecule is CN(Cc1ccc(Cl)s1)C(=O)CN(CC(=O)O)c1ccccc1. The number of rotatable bonds is 7. The van der Waals surface area contributed by atoms with E-state index in [-0.39, 0.29) is 19.0 Å². The van der Waals surface area contributed by atoms with E-state index in [1.54, 1.807) is 35.0 Å². The smallest absolute Gasteiger partial charge is 0.323 e. The van der Waals surface area contributed by atoms with Gasteiger partial charge in [0.15, 0.2) is 0 Å². The van der Waals surface area contributed by atoms with Crippen molar-refractivity contribution in [3.63, 3.8) is 0 Å². The Balaban J connectivity index is 2.03. The molecule has 7 heteroatoms. The number of benzene rings is 1. The van der Waals surface area contributed by atoms with E-state index in [4.69, 9.17) is 16.7 Å². The monoisotopic (exact) mass is 352 g/mol. The summed E-state index contributed by atoms with van der Waals surface area (Å²) in [5, 5.41) is 9.06. The Kier molecular flexibility index (Phi) is 6.01. The predicted molar refractivity (Wildman–Crippen MR) is 92.1 cm³/mol. The molecule has 0 bridgehead atoms. The molecule has 23 heavy (non-hydrogen) atoms. The van der Waals surface area contributed by atoms with Gasteiger partial charge in [-0.3, -0.25) is 9.59 Å². The molecule has 0 spiro atoms. The minimum Gasteiger partial charge on any atom is -0.480 e. The number of nitrogens with zero attached hydrogens (tertiary/aromatic N) is 2. The quantitative estimate of drug-likeness (QED) is 0.832. The van der Waals surface area contributed by atoms with Crippen LogP contribution in [-0.2, 0) is 16.1 Å². The third-order valence-electron chi connectivity index (χ3n) is 3.22. The highest BCUT2D eigenvalue weighted by Gasteiger charge is 2.18. The van der Waals surface area contributed by atoms with Crippen molar-refractivity contribution >= 4 is 40.5 Å². The first kappa shape index (κ1) is 17.3. The molecule has 2 rings (SSSR count). The fraction of sp³-hybridized carbons (Fsp3) is 0.250. The van der Waals surface area contributed by atoms with Gasteiger partial charge in [-0.15, -0.1) is 11.3 Å². The molecule has 0 atom stereocenters. The van der Waals surface area contributed by atoms with Gasteiger partial charge in [-0.05, 0) is 24.3 Å². The Morgan fingerprint density at radius 1 is 1.13 bits per heavy atom. The highest BCUT2D eigenvalue weighted by molar-refractivity contribution is 7.16. The molecule has 5 nitrogen and oxygen atoms in total. The number of hydrogen-bond acceptors (Lipinski definition) is 4. The molecule has 1 heterocycles. The lowest BCUT2D eigenvalue weighted by Gasteiger charge is -2.25. The number of carboxylic acid groups (broad SMARTS) is 1. The molecule has 1 amide bonds. The second-order valence-corrected chi connectivity index (χ2v) is 6.84. The highest BCUT2D eigenvalue weighted by atomic mass is 35.5. The maximum Gasteiger partial charge on any atom is 0.323 e. The van der Waals surface area contributed by atoms with Crippen LogP contribution in [0.1, 0.15) is 4.88 Å². The molecule has 0 unspecified atom stereocenters. The van der Waals surface area contributed by atoms with Crippen LogP contribution in [0.5, 0.6) is 0 Å². The van der Waals surface area contributed by atoms with Gasteiger partial charge in [-0.25, -0.2) is 0 Å². The lowest BCUT2D eigenvalue weighted by Crippen LogP contribution is -2.40. The van der Waals surface area contributed by atoms with Crippen molar-refractivity contribution in [1.82, 2.24) is 4.90 Å². The van der Waals surface area contributed by atoms with Crippen LogP contribution in [0.4, 0.5) is 5.69 Å². The summed E-state index contributed by atoms with van der Waals surface area (Å²) in [5.41, 5.74) is 0.704. The van der Waals surface area contributed by atoms with Gasteiger partial charge in [0.2, 0.25) is 5.91 Å². The summed E-state index contributed by atoms with van der Waals surface area (Å²) >= 11 is 7.31. The molecule has 0 saturated heterocycles. The molecular weight excluding hydrogens is 336 g/mol. The number of anilines is 1. The normalized spacial score (nSPS) is 10.3. The number of halogens is 1. The van der Waals surface area contributed by atoms with Crippen LogP contribution >= 0.6 is 22.9 Å². The van der Waals surface area contributed by atoms with Gasteiger partial charge in [-0.2, -0.15) is 0 Å². The molecule has 0 fully saturated rings. The summed E-state index contributed by atoms with van der Waals surface area (Å²) in [6.07, 6.45) is 0. The minimum atomic E-state index is -0.977. The van der Waals surface area contributed by atoms with Crippen LogP contribution in [0.2, 0.25) is 4.34 Å². The van der Waals surface area contributed by atoms with Crippen LogP contribution in [0.15, 0.2) is 42.5 Å². The zero-order chi connectivity index (χ0) is 16.8. The first-order chi connectivity index (χ1) is 11.0. The number of thiophene rings is 1. The fourth-order valence-electron chi connectivity index (χ4n) is 2.08. The number of carboxylic acids is 1. The second-order valence-electron chi connectivity index (χ2n) is 5.04. The Morgan fingerprint density at radius 2 is 1.83 bits per heavy atom. The lowest BCUT2D eigenvalue weighted by atomic mass is 10.2. The first-order valence-electron chi connectivity index (χ1n) is 6.95. The highest BCUT2D eigenvalue weighted by Crippen LogP contribution is 2.22. The van der Waals surface area contributed by atoms with Crippen molar-refractivity contribution in [1.29, 1.82) is 0 Å². The average Bonchev–Trinajstić information content (AvgIpc) is 2.92. The largest absolute Gasteiger partial charge is 0.480 e. The van der Waals surface area contributed by atoms with Crippen LogP contribution in [0.25, 0.3) is 0 Å². The Morgan fingerprint density at radius 3 is 2.39 bits per heavy atom. The van der Waals surface area contributed by atoms with Crippen molar-refractivity contribution in [2.24, 2.45) is 0 Å². The standard InChI is InChI=1S/C16H17ClN2O3S/c1-18(9-13-7-8-14(17)23-13)15(20)10-19(11-16(21)22)12-5-3-2-4-6-12/h2-8H,9-11H2,1H3,(H,21,22). The van der Waals surface area contributed by atoms with Crippen LogP contribution in [0, 0.1) is 0 Å². The number of carbonyl (C=O) groups excluding carboxylic acids is 1. The number of hydrogen-bond donors (Lipinski definition) is 1. The molecule has 122 valence electrons. The summed E-state index contributed by atoms with van der Waals surface area (Å²) in [6.45, 7) is 0.228. The van der Waals surface area contributed by atoms with E-state index in [0.717, 1.165) is 4.88 Å². The molecule has 1 aromatic heterocycles. The molecule has 1 aromatic carbocycles. The average molecular weight is 353 g/mol. The summed E-state index contributed by atoms with van der Waals surface area (Å²) in [7, 11) is 1.69. The molecule has 1 N–H and O–H groups in total. The minimum absolute atomic E-state index is 0.00587. The summed E-state index contributed by atoms with van der Waals surface area (Å²) in [4.78, 5) is 27.5. The Bertz CT molecular complexity index is 675. The van der Waals surface area contributed by atoms with E-state index in [1.165, 1.54) is 11.3 Å². The summed E-state index contributed by atoms with van der Waals surface area (Å²) < 4.78 is 0.678. The van der Waals surface area contributed by atoms with E-state index in [1.807, 2.05) is 24.3 Å². The van der Waals surface area contributed by atoms with E-state index < -0.39 is 5.97 Å². The topological polar surface area (TPSA) is 60.9 Å². The zero-order valence-corrected chi connectivity index (χ0v) is 14.2. The molecule has 0 radical (unpaired) electrons. The van der Waals surface area contributed by atoms with E-state index >= 15 is 0 Å². The Labute approximate surface area is 143 Å². The van der Waals surface area contributed by atoms with Gasteiger partial charge in [0.05, 0.1) is 17.4 Å². The van der Waals surface area contributed by atoms with Gasteiger partial charge < -0.3 is 14.9 Å². The van der Waals surface area contributed by atoms with E-state index in [9.17, 15) is 9.59 Å². The van der Waals surface area contributed by atoms with Crippen molar-refractivity contribution in [2.45, 2.75) is 6.54 Å². The molecular formula is C16H17ClN2O3S. The van der Waals surface area contributed by atoms with E-state index in [0.29, 0.717) is 16.6 Å². The van der Waals surface area contributed by atoms with Gasteiger partial charge in [0.1, 0.15) is 6.54 Å². The first-order valence-corrected chi connectivity index (χ1v) is 8.15. The number of amides is 1. The third kappa shape index (κ3) is 5.26. The van der Waals surface area contributed by atoms with Crippen molar-refractivity contribution < 1.29 is 14.7 Å². The van der Waals surface area contributed by atoms with Crippen molar-refractivity contribution in [2.75, 3.05) is 25.0 Å². The van der Waals surface area contributed by atoms with E-state index in [2.05, 4.69) is 0 Å².